The van der Waals surface area contributed by atoms with Crippen molar-refractivity contribution in [3.63, 3.8) is 0 Å². The van der Waals surface area contributed by atoms with Gasteiger partial charge in [0.1, 0.15) is 35.9 Å². The van der Waals surface area contributed by atoms with Gasteiger partial charge in [0.25, 0.3) is 0 Å². The number of ketones is 1. The molecular weight excluding hydrogens is 893 g/mol. The standard InChI is InChI=1S/C53H60O16/c1-27-22-39(67-45(59)34-18-14-12-15-19-34)50(10)44(68-46(60)35-20-16-13-17-21-35)43(66-33(7)57)49(9)25-52(50,69-47(49)61)53(27)29(3)42(65-32(6)56)51(26-63-30(4)54)38-23-36(58)40(62-11)28(2)48(38,8)24-37(41(51)53)64-31(5)55/h12-22,29,37-39,41-44H,23-26H2,1-11H3/t29-,37+,38+,39+,41-,42-,43+,44-,48+,49-,50-,51-,52-,53-/m0/s1. The SMILES string of the molecule is COC1=C(C)[C@@]2(C)C[C@@H](OC(C)=O)[C@H]3[C@@](COC(C)=O)([C@@H](OC(C)=O)[C@H](C)[C@@]34C(C)=C[C@@H](OC(=O)c3ccccc3)[C@@]3(C)[C@@H](OC(=O)c5ccccc5)[C@@H](OC(C)=O)[C@]5(C)C[C@]34OC5=O)[C@@H]2CC1=O. The summed E-state index contributed by atoms with van der Waals surface area (Å²) in [6.07, 6.45) is -5.75. The number of esters is 7. The summed E-state index contributed by atoms with van der Waals surface area (Å²) in [4.78, 5) is 113. The number of methoxy groups -OCH3 is 1. The van der Waals surface area contributed by atoms with Gasteiger partial charge in [0.15, 0.2) is 23.8 Å². The highest BCUT2D eigenvalue weighted by atomic mass is 16.6. The molecule has 1 aliphatic heterocycles. The molecule has 0 unspecified atom stereocenters. The van der Waals surface area contributed by atoms with Gasteiger partial charge >= 0.3 is 41.8 Å². The second-order valence-electron chi connectivity index (χ2n) is 20.5. The van der Waals surface area contributed by atoms with E-state index in [1.165, 1.54) is 40.0 Å². The zero-order valence-electron chi connectivity index (χ0n) is 40.8. The Hall–Kier alpha value is -6.32. The van der Waals surface area contributed by atoms with E-state index in [1.54, 1.807) is 82.3 Å². The zero-order valence-corrected chi connectivity index (χ0v) is 40.8. The predicted molar refractivity (Wildman–Crippen MR) is 241 cm³/mol. The fourth-order valence-corrected chi connectivity index (χ4v) is 14.6. The summed E-state index contributed by atoms with van der Waals surface area (Å²) in [5, 5.41) is 0. The molecule has 16 heteroatoms. The van der Waals surface area contributed by atoms with Crippen LogP contribution in [0.15, 0.2) is 83.6 Å². The lowest BCUT2D eigenvalue weighted by Gasteiger charge is -2.69. The number of benzene rings is 2. The zero-order chi connectivity index (χ0) is 50.4. The first-order chi connectivity index (χ1) is 32.4. The van der Waals surface area contributed by atoms with Gasteiger partial charge in [0.05, 0.1) is 29.1 Å². The van der Waals surface area contributed by atoms with Crippen molar-refractivity contribution in [1.29, 1.82) is 0 Å². The van der Waals surface area contributed by atoms with E-state index < -0.39 is 129 Å². The molecule has 4 fully saturated rings. The third-order valence-electron chi connectivity index (χ3n) is 17.2. The highest BCUT2D eigenvalue weighted by molar-refractivity contribution is 5.96. The van der Waals surface area contributed by atoms with Crippen LogP contribution in [-0.4, -0.2) is 97.4 Å². The number of hydrogen-bond acceptors (Lipinski definition) is 16. The maximum absolute atomic E-state index is 15.4. The van der Waals surface area contributed by atoms with Crippen LogP contribution >= 0.6 is 0 Å². The van der Waals surface area contributed by atoms with Crippen LogP contribution in [0.1, 0.15) is 109 Å². The highest BCUT2D eigenvalue weighted by Crippen LogP contribution is 2.82. The molecule has 8 rings (SSSR count). The van der Waals surface area contributed by atoms with E-state index in [0.29, 0.717) is 11.1 Å². The number of fused-ring (bicyclic) bond motifs is 5. The van der Waals surface area contributed by atoms with Crippen LogP contribution in [0.5, 0.6) is 0 Å². The van der Waals surface area contributed by atoms with E-state index in [-0.39, 0.29) is 41.9 Å². The fraction of sp³-hybridized carbons (Fsp3) is 0.547. The number of carbonyl (C=O) groups excluding carboxylic acids is 8. The average molecular weight is 953 g/mol. The maximum Gasteiger partial charge on any atom is 0.338 e. The summed E-state index contributed by atoms with van der Waals surface area (Å²) in [7, 11) is 1.40. The summed E-state index contributed by atoms with van der Waals surface area (Å²) in [5.41, 5.74) is -8.82. The molecule has 2 spiro atoms. The Morgan fingerprint density at radius 2 is 1.25 bits per heavy atom. The summed E-state index contributed by atoms with van der Waals surface area (Å²) in [5.74, 6) is -8.58. The van der Waals surface area contributed by atoms with Crippen molar-refractivity contribution in [2.24, 2.45) is 44.8 Å². The molecule has 0 aromatic heterocycles. The lowest BCUT2D eigenvalue weighted by Crippen LogP contribution is -2.78. The topological polar surface area (TPSA) is 210 Å². The number of hydrogen-bond donors (Lipinski definition) is 0. The third-order valence-corrected chi connectivity index (χ3v) is 17.2. The molecule has 368 valence electrons. The molecule has 1 heterocycles. The smallest absolute Gasteiger partial charge is 0.338 e. The molecule has 0 N–H and O–H groups in total. The Bertz CT molecular complexity index is 2590. The van der Waals surface area contributed by atoms with Crippen molar-refractivity contribution in [1.82, 2.24) is 0 Å². The van der Waals surface area contributed by atoms with Crippen molar-refractivity contribution in [2.45, 2.75) is 125 Å². The minimum atomic E-state index is -2.02. The van der Waals surface area contributed by atoms with Crippen molar-refractivity contribution < 1.29 is 76.3 Å². The minimum absolute atomic E-state index is 0.0666. The van der Waals surface area contributed by atoms with E-state index >= 15 is 4.79 Å². The first-order valence-corrected chi connectivity index (χ1v) is 23.3. The van der Waals surface area contributed by atoms with Crippen LogP contribution in [0.25, 0.3) is 0 Å². The molecule has 2 aromatic rings. The van der Waals surface area contributed by atoms with Gasteiger partial charge in [-0.25, -0.2) is 9.59 Å². The lowest BCUT2D eigenvalue weighted by atomic mass is 9.36. The second-order valence-corrected chi connectivity index (χ2v) is 20.5. The number of ether oxygens (including phenoxy) is 8. The molecule has 14 atom stereocenters. The quantitative estimate of drug-likeness (QED) is 0.139. The predicted octanol–water partition coefficient (Wildman–Crippen LogP) is 6.63. The van der Waals surface area contributed by atoms with Gasteiger partial charge in [-0.2, -0.15) is 0 Å². The number of carbonyl (C=O) groups is 8. The molecule has 69 heavy (non-hydrogen) atoms. The first kappa shape index (κ1) is 49.1. The molecule has 2 aromatic carbocycles. The van der Waals surface area contributed by atoms with Gasteiger partial charge in [-0.3, -0.25) is 28.8 Å². The van der Waals surface area contributed by atoms with Crippen molar-refractivity contribution in [3.8, 4) is 0 Å². The van der Waals surface area contributed by atoms with Crippen LogP contribution in [0.4, 0.5) is 0 Å². The van der Waals surface area contributed by atoms with Crippen LogP contribution in [-0.2, 0) is 66.7 Å². The Labute approximate surface area is 400 Å². The van der Waals surface area contributed by atoms with Crippen molar-refractivity contribution >= 4 is 47.6 Å². The molecule has 1 saturated heterocycles. The largest absolute Gasteiger partial charge is 0.493 e. The Kier molecular flexibility index (Phi) is 12.1. The number of allylic oxidation sites excluding steroid dienone is 2. The molecule has 16 nitrogen and oxygen atoms in total. The van der Waals surface area contributed by atoms with E-state index in [4.69, 9.17) is 37.9 Å². The minimum Gasteiger partial charge on any atom is -0.493 e. The van der Waals surface area contributed by atoms with E-state index in [1.807, 2.05) is 13.8 Å². The van der Waals surface area contributed by atoms with Crippen LogP contribution in [0.2, 0.25) is 0 Å². The molecular formula is C53H60O16. The van der Waals surface area contributed by atoms with Gasteiger partial charge in [-0.15, -0.1) is 0 Å². The van der Waals surface area contributed by atoms with Crippen LogP contribution in [0.3, 0.4) is 0 Å². The molecule has 0 radical (unpaired) electrons. The number of Topliss-reactive ketones (excluding diaryl/α,β-unsaturated/α-hetero) is 1. The van der Waals surface area contributed by atoms with Gasteiger partial charge in [-0.05, 0) is 81.4 Å². The summed E-state index contributed by atoms with van der Waals surface area (Å²) >= 11 is 0. The molecule has 6 aliphatic rings. The van der Waals surface area contributed by atoms with Crippen molar-refractivity contribution in [2.75, 3.05) is 13.7 Å². The maximum atomic E-state index is 15.4. The molecule has 3 saturated carbocycles. The van der Waals surface area contributed by atoms with Gasteiger partial charge < -0.3 is 37.9 Å². The van der Waals surface area contributed by atoms with E-state index in [9.17, 15) is 33.6 Å². The average Bonchev–Trinajstić information content (AvgIpc) is 3.67. The third kappa shape index (κ3) is 6.80. The molecule has 0 amide bonds. The Morgan fingerprint density at radius 1 is 0.696 bits per heavy atom. The van der Waals surface area contributed by atoms with Gasteiger partial charge in [0, 0.05) is 57.8 Å². The van der Waals surface area contributed by atoms with E-state index in [2.05, 4.69) is 0 Å². The monoisotopic (exact) mass is 952 g/mol. The summed E-state index contributed by atoms with van der Waals surface area (Å²) < 4.78 is 51.5. The number of rotatable bonds is 10. The van der Waals surface area contributed by atoms with Gasteiger partial charge in [0.2, 0.25) is 0 Å². The van der Waals surface area contributed by atoms with Crippen LogP contribution < -0.4 is 0 Å². The Balaban J connectivity index is 1.52. The summed E-state index contributed by atoms with van der Waals surface area (Å²) in [6.45, 7) is 14.9. The van der Waals surface area contributed by atoms with E-state index in [0.717, 1.165) is 6.92 Å². The molecule has 5 aliphatic carbocycles. The Morgan fingerprint density at radius 3 is 1.78 bits per heavy atom. The second kappa shape index (κ2) is 17.0. The van der Waals surface area contributed by atoms with Gasteiger partial charge in [-0.1, -0.05) is 55.8 Å². The highest BCUT2D eigenvalue weighted by Gasteiger charge is 2.91. The normalized spacial score (nSPS) is 38.3. The van der Waals surface area contributed by atoms with Crippen molar-refractivity contribution in [3.05, 3.63) is 94.8 Å². The molecule has 2 bridgehead atoms. The first-order valence-electron chi connectivity index (χ1n) is 23.3. The fourth-order valence-electron chi connectivity index (χ4n) is 14.6. The van der Waals surface area contributed by atoms with Crippen LogP contribution in [0, 0.1) is 44.8 Å². The summed E-state index contributed by atoms with van der Waals surface area (Å²) in [6, 6.07) is 16.2. The lowest BCUT2D eigenvalue weighted by molar-refractivity contribution is -0.290.